The van der Waals surface area contributed by atoms with Gasteiger partial charge in [0.15, 0.2) is 0 Å². The fourth-order valence-corrected chi connectivity index (χ4v) is 0.311. The number of rotatable bonds is 4. The van der Waals surface area contributed by atoms with Gasteiger partial charge in [-0.25, -0.2) is 5.90 Å². The van der Waals surface area contributed by atoms with Crippen molar-refractivity contribution in [2.24, 2.45) is 5.90 Å². The van der Waals surface area contributed by atoms with Gasteiger partial charge in [0.1, 0.15) is 0 Å². The Kier molecular flexibility index (Phi) is 13.6. The minimum atomic E-state index is 0. The summed E-state index contributed by atoms with van der Waals surface area (Å²) in [5, 5.41) is 0. The molecule has 8 heavy (non-hydrogen) atoms. The molecule has 0 spiro atoms. The average Bonchev–Trinajstić information content (AvgIpc) is 1.69. The molecule has 0 aromatic heterocycles. The molecular formula is C5H12ClNO. The Bertz CT molecular complexity index is 49.7. The number of hydrogen-bond donors (Lipinski definition) is 1. The highest BCUT2D eigenvalue weighted by Crippen LogP contribution is 1.86. The lowest BCUT2D eigenvalue weighted by molar-refractivity contribution is 0.136. The molecule has 0 amide bonds. The van der Waals surface area contributed by atoms with Crippen LogP contribution in [-0.2, 0) is 4.84 Å². The summed E-state index contributed by atoms with van der Waals surface area (Å²) >= 11 is 0. The van der Waals surface area contributed by atoms with E-state index in [9.17, 15) is 0 Å². The van der Waals surface area contributed by atoms with Crippen LogP contribution in [0.5, 0.6) is 0 Å². The molecule has 2 nitrogen and oxygen atoms in total. The van der Waals surface area contributed by atoms with E-state index in [0.717, 1.165) is 12.8 Å². The molecule has 50 valence electrons. The van der Waals surface area contributed by atoms with E-state index in [-0.39, 0.29) is 12.4 Å². The summed E-state index contributed by atoms with van der Waals surface area (Å²) in [5.74, 6) is 4.73. The number of allylic oxidation sites excluding steroid dienone is 1. The van der Waals surface area contributed by atoms with Crippen molar-refractivity contribution in [1.29, 1.82) is 0 Å². The van der Waals surface area contributed by atoms with E-state index >= 15 is 0 Å². The van der Waals surface area contributed by atoms with Gasteiger partial charge in [-0.05, 0) is 12.8 Å². The lowest BCUT2D eigenvalue weighted by Gasteiger charge is -1.89. The first-order valence-corrected chi connectivity index (χ1v) is 2.34. The number of hydrogen-bond acceptors (Lipinski definition) is 2. The van der Waals surface area contributed by atoms with Gasteiger partial charge in [0.25, 0.3) is 0 Å². The number of unbranched alkanes of at least 4 members (excludes halogenated alkanes) is 1. The summed E-state index contributed by atoms with van der Waals surface area (Å²) in [7, 11) is 0. The molecule has 0 aliphatic rings. The van der Waals surface area contributed by atoms with E-state index in [1.807, 2.05) is 6.08 Å². The van der Waals surface area contributed by atoms with E-state index in [0.29, 0.717) is 6.61 Å². The van der Waals surface area contributed by atoms with Gasteiger partial charge in [-0.3, -0.25) is 0 Å². The highest BCUT2D eigenvalue weighted by atomic mass is 35.5. The average molecular weight is 138 g/mol. The fraction of sp³-hybridized carbons (Fsp3) is 0.600. The molecule has 0 aromatic rings. The van der Waals surface area contributed by atoms with Crippen LogP contribution >= 0.6 is 12.4 Å². The summed E-state index contributed by atoms with van der Waals surface area (Å²) in [4.78, 5) is 4.30. The number of nitrogens with two attached hydrogens (primary N) is 1. The van der Waals surface area contributed by atoms with Crippen LogP contribution in [0.4, 0.5) is 0 Å². The molecule has 0 saturated carbocycles. The van der Waals surface area contributed by atoms with Crippen molar-refractivity contribution in [3.63, 3.8) is 0 Å². The van der Waals surface area contributed by atoms with Crippen molar-refractivity contribution in [2.45, 2.75) is 12.8 Å². The highest BCUT2D eigenvalue weighted by Gasteiger charge is 1.77. The lowest BCUT2D eigenvalue weighted by Crippen LogP contribution is -1.99. The fourth-order valence-electron chi connectivity index (χ4n) is 0.311. The van der Waals surface area contributed by atoms with Crippen molar-refractivity contribution in [3.05, 3.63) is 12.7 Å². The molecule has 0 aliphatic carbocycles. The van der Waals surface area contributed by atoms with Crippen LogP contribution in [-0.4, -0.2) is 6.61 Å². The van der Waals surface area contributed by atoms with Gasteiger partial charge in [0.05, 0.1) is 6.61 Å². The third kappa shape index (κ3) is 9.34. The topological polar surface area (TPSA) is 35.2 Å². The molecule has 3 heteroatoms. The molecule has 0 bridgehead atoms. The van der Waals surface area contributed by atoms with E-state index in [1.54, 1.807) is 0 Å². The van der Waals surface area contributed by atoms with Crippen LogP contribution in [0.25, 0.3) is 0 Å². The van der Waals surface area contributed by atoms with E-state index in [1.165, 1.54) is 0 Å². The van der Waals surface area contributed by atoms with Crippen molar-refractivity contribution in [2.75, 3.05) is 6.61 Å². The molecule has 0 atom stereocenters. The first-order chi connectivity index (χ1) is 3.41. The second kappa shape index (κ2) is 10.0. The van der Waals surface area contributed by atoms with Crippen molar-refractivity contribution in [3.8, 4) is 0 Å². The predicted octanol–water partition coefficient (Wildman–Crippen LogP) is 1.26. The maximum absolute atomic E-state index is 4.73. The maximum atomic E-state index is 4.73. The van der Waals surface area contributed by atoms with Gasteiger partial charge in [0, 0.05) is 0 Å². The Morgan fingerprint density at radius 1 is 1.62 bits per heavy atom. The second-order valence-electron chi connectivity index (χ2n) is 1.30. The zero-order valence-electron chi connectivity index (χ0n) is 4.80. The molecule has 0 fully saturated rings. The molecule has 2 N–H and O–H groups in total. The quantitative estimate of drug-likeness (QED) is 0.360. The van der Waals surface area contributed by atoms with Crippen LogP contribution in [0.3, 0.4) is 0 Å². The Morgan fingerprint density at radius 3 is 2.62 bits per heavy atom. The van der Waals surface area contributed by atoms with Crippen molar-refractivity contribution < 1.29 is 4.84 Å². The second-order valence-corrected chi connectivity index (χ2v) is 1.30. The van der Waals surface area contributed by atoms with Gasteiger partial charge < -0.3 is 4.84 Å². The van der Waals surface area contributed by atoms with Gasteiger partial charge in [-0.2, -0.15) is 0 Å². The summed E-state index contributed by atoms with van der Waals surface area (Å²) in [6.07, 6.45) is 3.80. The molecule has 0 heterocycles. The van der Waals surface area contributed by atoms with Crippen LogP contribution in [0, 0.1) is 0 Å². The summed E-state index contributed by atoms with van der Waals surface area (Å²) < 4.78 is 0. The Balaban J connectivity index is 0. The number of halogens is 1. The molecule has 0 aromatic carbocycles. The van der Waals surface area contributed by atoms with Crippen LogP contribution in [0.2, 0.25) is 0 Å². The summed E-state index contributed by atoms with van der Waals surface area (Å²) in [6, 6.07) is 0. The third-order valence-electron chi connectivity index (χ3n) is 0.670. The maximum Gasteiger partial charge on any atom is 0.0682 e. The largest absolute Gasteiger partial charge is 0.305 e. The van der Waals surface area contributed by atoms with Gasteiger partial charge >= 0.3 is 0 Å². The Hall–Kier alpha value is -0.0500. The molecule has 0 radical (unpaired) electrons. The first-order valence-electron chi connectivity index (χ1n) is 2.34. The van der Waals surface area contributed by atoms with Gasteiger partial charge in [-0.15, -0.1) is 19.0 Å². The lowest BCUT2D eigenvalue weighted by atomic mass is 10.3. The monoisotopic (exact) mass is 137 g/mol. The summed E-state index contributed by atoms with van der Waals surface area (Å²) in [5.41, 5.74) is 0. The Labute approximate surface area is 56.1 Å². The molecular weight excluding hydrogens is 126 g/mol. The Morgan fingerprint density at radius 2 is 2.25 bits per heavy atom. The minimum absolute atomic E-state index is 0. The predicted molar refractivity (Wildman–Crippen MR) is 36.8 cm³/mol. The first kappa shape index (κ1) is 10.8. The molecule has 0 rings (SSSR count). The molecule has 0 saturated heterocycles. The normalized spacial score (nSPS) is 7.62. The summed E-state index contributed by atoms with van der Waals surface area (Å²) in [6.45, 7) is 4.17. The zero-order chi connectivity index (χ0) is 5.54. The van der Waals surface area contributed by atoms with Crippen LogP contribution in [0.15, 0.2) is 12.7 Å². The van der Waals surface area contributed by atoms with Crippen molar-refractivity contribution >= 4 is 12.4 Å². The smallest absolute Gasteiger partial charge is 0.0682 e. The molecule has 0 aliphatic heterocycles. The third-order valence-corrected chi connectivity index (χ3v) is 0.670. The van der Waals surface area contributed by atoms with Crippen LogP contribution < -0.4 is 5.90 Å². The highest BCUT2D eigenvalue weighted by molar-refractivity contribution is 5.85. The van der Waals surface area contributed by atoms with E-state index in [4.69, 9.17) is 5.90 Å². The van der Waals surface area contributed by atoms with Crippen LogP contribution in [0.1, 0.15) is 12.8 Å². The van der Waals surface area contributed by atoms with E-state index < -0.39 is 0 Å². The minimum Gasteiger partial charge on any atom is -0.305 e. The molecule has 0 unspecified atom stereocenters. The van der Waals surface area contributed by atoms with Gasteiger partial charge in [0.2, 0.25) is 0 Å². The standard InChI is InChI=1S/C5H11NO.ClH/c1-2-3-4-5-7-6;/h2H,1,3-6H2;1H. The van der Waals surface area contributed by atoms with E-state index in [2.05, 4.69) is 11.4 Å². The van der Waals surface area contributed by atoms with Gasteiger partial charge in [-0.1, -0.05) is 6.08 Å². The van der Waals surface area contributed by atoms with Crippen molar-refractivity contribution in [1.82, 2.24) is 0 Å². The zero-order valence-corrected chi connectivity index (χ0v) is 5.62. The SMILES string of the molecule is C=CCCCON.Cl.